The van der Waals surface area contributed by atoms with Gasteiger partial charge in [-0.2, -0.15) is 4.98 Å². The number of H-pyrrole nitrogens is 1. The Morgan fingerprint density at radius 2 is 1.88 bits per heavy atom. The topological polar surface area (TPSA) is 84.6 Å². The molecule has 2 heterocycles. The zero-order valence-corrected chi connectivity index (χ0v) is 14.3. The van der Waals surface area contributed by atoms with Crippen molar-refractivity contribution in [3.63, 3.8) is 0 Å². The molecular formula is C20H18N6. The molecule has 6 nitrogen and oxygen atoms in total. The van der Waals surface area contributed by atoms with E-state index in [2.05, 4.69) is 9.97 Å². The van der Waals surface area contributed by atoms with E-state index in [1.165, 1.54) is 4.57 Å². The number of aromatic nitrogens is 3. The quantitative estimate of drug-likeness (QED) is 0.390. The Hall–Kier alpha value is -3.67. The lowest BCUT2D eigenvalue weighted by Crippen LogP contribution is -2.26. The third-order valence-electron chi connectivity index (χ3n) is 4.44. The fourth-order valence-corrected chi connectivity index (χ4v) is 3.09. The van der Waals surface area contributed by atoms with Crippen LogP contribution < -0.4 is 10.5 Å². The van der Waals surface area contributed by atoms with Crippen LogP contribution in [-0.4, -0.2) is 27.9 Å². The van der Waals surface area contributed by atoms with Crippen LogP contribution in [0.4, 0.5) is 11.5 Å². The molecule has 0 fully saturated rings. The van der Waals surface area contributed by atoms with Crippen LogP contribution in [0.5, 0.6) is 0 Å². The highest BCUT2D eigenvalue weighted by Gasteiger charge is 2.14. The number of rotatable bonds is 4. The molecular weight excluding hydrogens is 324 g/mol. The van der Waals surface area contributed by atoms with Gasteiger partial charge in [-0.15, -0.1) is 0 Å². The van der Waals surface area contributed by atoms with Gasteiger partial charge in [0.1, 0.15) is 5.82 Å². The Bertz CT molecular complexity index is 1130. The van der Waals surface area contributed by atoms with Crippen LogP contribution in [0.25, 0.3) is 22.2 Å². The van der Waals surface area contributed by atoms with E-state index in [9.17, 15) is 0 Å². The Balaban J connectivity index is 1.98. The van der Waals surface area contributed by atoms with Crippen LogP contribution in [0.2, 0.25) is 0 Å². The molecule has 0 aliphatic carbocycles. The van der Waals surface area contributed by atoms with Gasteiger partial charge in [0.15, 0.2) is 0 Å². The van der Waals surface area contributed by atoms with Crippen LogP contribution >= 0.6 is 0 Å². The van der Waals surface area contributed by atoms with E-state index < -0.39 is 0 Å². The largest absolute Gasteiger partial charge is 0.361 e. The Labute approximate surface area is 150 Å². The maximum Gasteiger partial charge on any atom is 0.229 e. The summed E-state index contributed by atoms with van der Waals surface area (Å²) in [5, 5.41) is 16.9. The van der Waals surface area contributed by atoms with Gasteiger partial charge in [-0.3, -0.25) is 15.4 Å². The van der Waals surface area contributed by atoms with E-state index >= 15 is 0 Å². The van der Waals surface area contributed by atoms with E-state index in [0.29, 0.717) is 5.82 Å². The molecule has 0 bridgehead atoms. The summed E-state index contributed by atoms with van der Waals surface area (Å²) in [4.78, 5) is 9.59. The zero-order valence-electron chi connectivity index (χ0n) is 14.3. The Kier molecular flexibility index (Phi) is 3.85. The first kappa shape index (κ1) is 15.8. The summed E-state index contributed by atoms with van der Waals surface area (Å²) < 4.78 is 1.48. The van der Waals surface area contributed by atoms with Crippen LogP contribution in [-0.2, 0) is 0 Å². The number of aromatic amines is 1. The first-order chi connectivity index (χ1) is 12.7. The molecule has 2 aromatic carbocycles. The van der Waals surface area contributed by atoms with Gasteiger partial charge in [0.2, 0.25) is 5.62 Å². The number of benzene rings is 2. The molecule has 0 saturated heterocycles. The van der Waals surface area contributed by atoms with Gasteiger partial charge >= 0.3 is 0 Å². The number of hydrogen-bond acceptors (Lipinski definition) is 4. The number of nitrogens with zero attached hydrogens (tertiary/aromatic N) is 3. The minimum atomic E-state index is 0.0221. The SMILES string of the molecule is CN(c1ccccc1)c1nc(=N)n(C=N)c2cc(-c3ccc[nH]3)ccc12. The maximum atomic E-state index is 8.26. The molecule has 0 atom stereocenters. The third kappa shape index (κ3) is 2.57. The van der Waals surface area contributed by atoms with Crippen molar-refractivity contribution >= 4 is 28.7 Å². The first-order valence-electron chi connectivity index (χ1n) is 8.23. The molecule has 26 heavy (non-hydrogen) atoms. The number of para-hydroxylation sites is 1. The zero-order chi connectivity index (χ0) is 18.1. The Morgan fingerprint density at radius 3 is 2.58 bits per heavy atom. The molecule has 2 aromatic heterocycles. The van der Waals surface area contributed by atoms with Crippen LogP contribution in [0.15, 0.2) is 66.9 Å². The summed E-state index contributed by atoms with van der Waals surface area (Å²) in [6.07, 6.45) is 3.00. The van der Waals surface area contributed by atoms with Crippen molar-refractivity contribution in [3.05, 3.63) is 72.5 Å². The molecule has 4 aromatic rings. The summed E-state index contributed by atoms with van der Waals surface area (Å²) in [6.45, 7) is 0. The third-order valence-corrected chi connectivity index (χ3v) is 4.44. The monoisotopic (exact) mass is 342 g/mol. The average molecular weight is 342 g/mol. The summed E-state index contributed by atoms with van der Waals surface area (Å²) in [6, 6.07) is 19.9. The van der Waals surface area contributed by atoms with Crippen molar-refractivity contribution in [2.24, 2.45) is 0 Å². The highest BCUT2D eigenvalue weighted by Crippen LogP contribution is 2.30. The standard InChI is InChI=1S/C20H18N6/c1-25(15-6-3-2-4-7-15)19-16-10-9-14(17-8-5-11-23-17)12-18(16)26(13-21)20(22)24-19/h2-13,21-23H,1H3. The summed E-state index contributed by atoms with van der Waals surface area (Å²) in [5.74, 6) is 0.687. The molecule has 0 aliphatic rings. The van der Waals surface area contributed by atoms with Crippen molar-refractivity contribution in [1.82, 2.24) is 14.5 Å². The summed E-state index contributed by atoms with van der Waals surface area (Å²) in [7, 11) is 1.93. The van der Waals surface area contributed by atoms with Crippen molar-refractivity contribution in [3.8, 4) is 11.3 Å². The minimum absolute atomic E-state index is 0.0221. The second-order valence-corrected chi connectivity index (χ2v) is 5.97. The molecule has 128 valence electrons. The fraction of sp³-hybridized carbons (Fsp3) is 0.0500. The average Bonchev–Trinajstić information content (AvgIpc) is 3.22. The van der Waals surface area contributed by atoms with Gasteiger partial charge in [-0.25, -0.2) is 0 Å². The number of hydrogen-bond donors (Lipinski definition) is 3. The van der Waals surface area contributed by atoms with Crippen molar-refractivity contribution < 1.29 is 0 Å². The molecule has 0 saturated carbocycles. The van der Waals surface area contributed by atoms with Crippen LogP contribution in [0.1, 0.15) is 0 Å². The van der Waals surface area contributed by atoms with Gasteiger partial charge in [-0.05, 0) is 36.4 Å². The molecule has 0 spiro atoms. The second-order valence-electron chi connectivity index (χ2n) is 5.97. The fourth-order valence-electron chi connectivity index (χ4n) is 3.09. The van der Waals surface area contributed by atoms with Crippen molar-refractivity contribution in [2.75, 3.05) is 11.9 Å². The molecule has 0 unspecified atom stereocenters. The first-order valence-corrected chi connectivity index (χ1v) is 8.23. The van der Waals surface area contributed by atoms with E-state index in [4.69, 9.17) is 10.8 Å². The maximum absolute atomic E-state index is 8.26. The molecule has 0 aliphatic heterocycles. The van der Waals surface area contributed by atoms with E-state index in [0.717, 1.165) is 34.2 Å². The van der Waals surface area contributed by atoms with Gasteiger partial charge in [-0.1, -0.05) is 24.3 Å². The Morgan fingerprint density at radius 1 is 1.08 bits per heavy atom. The normalized spacial score (nSPS) is 10.8. The van der Waals surface area contributed by atoms with Gasteiger partial charge < -0.3 is 9.88 Å². The van der Waals surface area contributed by atoms with E-state index in [1.807, 2.05) is 78.8 Å². The molecule has 6 heteroatoms. The highest BCUT2D eigenvalue weighted by molar-refractivity contribution is 5.96. The van der Waals surface area contributed by atoms with Gasteiger partial charge in [0, 0.05) is 35.6 Å². The number of nitrogens with one attached hydrogen (secondary N) is 3. The van der Waals surface area contributed by atoms with Crippen LogP contribution in [0, 0.1) is 10.8 Å². The second kappa shape index (κ2) is 6.33. The molecule has 3 N–H and O–H groups in total. The van der Waals surface area contributed by atoms with Crippen molar-refractivity contribution in [2.45, 2.75) is 0 Å². The lowest BCUT2D eigenvalue weighted by molar-refractivity contribution is 0.915. The molecule has 4 rings (SSSR count). The summed E-state index contributed by atoms with van der Waals surface area (Å²) >= 11 is 0. The van der Waals surface area contributed by atoms with Gasteiger partial charge in [0.25, 0.3) is 0 Å². The van der Waals surface area contributed by atoms with Crippen LogP contribution in [0.3, 0.4) is 0 Å². The highest BCUT2D eigenvalue weighted by atomic mass is 15.2. The van der Waals surface area contributed by atoms with Gasteiger partial charge in [0.05, 0.1) is 11.9 Å². The predicted molar refractivity (Wildman–Crippen MR) is 104 cm³/mol. The molecule has 0 amide bonds. The molecule has 0 radical (unpaired) electrons. The predicted octanol–water partition coefficient (Wildman–Crippen LogP) is 3.73. The lowest BCUT2D eigenvalue weighted by Gasteiger charge is -2.21. The number of fused-ring (bicyclic) bond motifs is 1. The van der Waals surface area contributed by atoms with E-state index in [1.54, 1.807) is 0 Å². The summed E-state index contributed by atoms with van der Waals surface area (Å²) in [5.41, 5.74) is 3.77. The minimum Gasteiger partial charge on any atom is -0.361 e. The van der Waals surface area contributed by atoms with E-state index in [-0.39, 0.29) is 5.62 Å². The smallest absolute Gasteiger partial charge is 0.229 e. The lowest BCUT2D eigenvalue weighted by atomic mass is 10.1. The number of anilines is 2. The van der Waals surface area contributed by atoms with Crippen molar-refractivity contribution in [1.29, 1.82) is 10.8 Å².